The Morgan fingerprint density at radius 3 is 2.28 bits per heavy atom. The molecule has 0 atom stereocenters. The van der Waals surface area contributed by atoms with Crippen molar-refractivity contribution in [1.82, 2.24) is 0 Å². The van der Waals surface area contributed by atoms with Crippen LogP contribution in [0.1, 0.15) is 5.56 Å². The number of nitrogens with one attached hydrogen (secondary N) is 2. The molecule has 0 aliphatic carbocycles. The first-order valence-electron chi connectivity index (χ1n) is 7.24. The van der Waals surface area contributed by atoms with Crippen molar-refractivity contribution in [2.75, 3.05) is 22.1 Å². The van der Waals surface area contributed by atoms with Gasteiger partial charge in [-0.1, -0.05) is 40.9 Å². The van der Waals surface area contributed by atoms with E-state index in [9.17, 15) is 9.59 Å². The second kappa shape index (κ2) is 9.34. The molecule has 0 saturated carbocycles. The number of carbonyl (C=O) groups is 2. The fourth-order valence-corrected chi connectivity index (χ4v) is 3.03. The van der Waals surface area contributed by atoms with E-state index in [2.05, 4.69) is 10.6 Å². The zero-order valence-corrected chi connectivity index (χ0v) is 16.3. The molecule has 0 unspecified atom stereocenters. The number of benzene rings is 2. The second-order valence-electron chi connectivity index (χ2n) is 5.13. The summed E-state index contributed by atoms with van der Waals surface area (Å²) in [5.41, 5.74) is 2.03. The normalized spacial score (nSPS) is 10.4. The lowest BCUT2D eigenvalue weighted by Crippen LogP contribution is -2.18. The molecule has 0 aromatic heterocycles. The number of hydrogen-bond donors (Lipinski definition) is 2. The van der Waals surface area contributed by atoms with Crippen molar-refractivity contribution in [3.8, 4) is 0 Å². The van der Waals surface area contributed by atoms with Crippen LogP contribution in [-0.2, 0) is 9.59 Å². The Morgan fingerprint density at radius 1 is 0.920 bits per heavy atom. The van der Waals surface area contributed by atoms with Gasteiger partial charge in [0.15, 0.2) is 0 Å². The highest BCUT2D eigenvalue weighted by Crippen LogP contribution is 2.25. The molecular formula is C17H15Cl3N2O2S. The molecule has 2 rings (SSSR count). The Hall–Kier alpha value is -1.40. The van der Waals surface area contributed by atoms with Crippen LogP contribution >= 0.6 is 46.6 Å². The Morgan fingerprint density at radius 2 is 1.60 bits per heavy atom. The number of carbonyl (C=O) groups excluding carboxylic acids is 2. The summed E-state index contributed by atoms with van der Waals surface area (Å²) in [5.74, 6) is -0.129. The van der Waals surface area contributed by atoms with Gasteiger partial charge >= 0.3 is 0 Å². The zero-order valence-electron chi connectivity index (χ0n) is 13.2. The van der Waals surface area contributed by atoms with Gasteiger partial charge < -0.3 is 10.6 Å². The Kier molecular flexibility index (Phi) is 7.44. The molecule has 8 heteroatoms. The van der Waals surface area contributed by atoms with Crippen LogP contribution in [-0.4, -0.2) is 23.3 Å². The maximum absolute atomic E-state index is 12.0. The predicted octanol–water partition coefficient (Wildman–Crippen LogP) is 5.27. The van der Waals surface area contributed by atoms with Crippen LogP contribution in [0.25, 0.3) is 0 Å². The Bertz CT molecular complexity index is 799. The molecule has 0 aliphatic rings. The molecule has 2 aromatic rings. The first kappa shape index (κ1) is 19.9. The van der Waals surface area contributed by atoms with Crippen LogP contribution in [0, 0.1) is 6.92 Å². The summed E-state index contributed by atoms with van der Waals surface area (Å²) >= 11 is 18.9. The van der Waals surface area contributed by atoms with Crippen molar-refractivity contribution in [1.29, 1.82) is 0 Å². The molecule has 2 N–H and O–H groups in total. The first-order chi connectivity index (χ1) is 11.9. The average molecular weight is 418 g/mol. The van der Waals surface area contributed by atoms with Crippen LogP contribution in [0.2, 0.25) is 15.1 Å². The van der Waals surface area contributed by atoms with Crippen LogP contribution in [0.5, 0.6) is 0 Å². The van der Waals surface area contributed by atoms with Crippen molar-refractivity contribution in [2.45, 2.75) is 6.92 Å². The number of rotatable bonds is 6. The highest BCUT2D eigenvalue weighted by molar-refractivity contribution is 8.00. The molecule has 0 radical (unpaired) electrons. The smallest absolute Gasteiger partial charge is 0.234 e. The predicted molar refractivity (Wildman–Crippen MR) is 107 cm³/mol. The van der Waals surface area contributed by atoms with Crippen LogP contribution < -0.4 is 10.6 Å². The van der Waals surface area contributed by atoms with Crippen molar-refractivity contribution in [2.24, 2.45) is 0 Å². The van der Waals surface area contributed by atoms with Crippen LogP contribution in [0.15, 0.2) is 36.4 Å². The highest BCUT2D eigenvalue weighted by Gasteiger charge is 2.09. The van der Waals surface area contributed by atoms with Gasteiger partial charge in [0.05, 0.1) is 21.6 Å². The summed E-state index contributed by atoms with van der Waals surface area (Å²) in [7, 11) is 0. The van der Waals surface area contributed by atoms with Crippen LogP contribution in [0.3, 0.4) is 0 Å². The van der Waals surface area contributed by atoms with Crippen molar-refractivity contribution in [3.05, 3.63) is 57.0 Å². The van der Waals surface area contributed by atoms with Crippen LogP contribution in [0.4, 0.5) is 11.4 Å². The minimum atomic E-state index is -0.227. The Labute approximate surface area is 165 Å². The van der Waals surface area contributed by atoms with Crippen molar-refractivity contribution < 1.29 is 9.59 Å². The zero-order chi connectivity index (χ0) is 18.4. The third-order valence-corrected chi connectivity index (χ3v) is 5.29. The molecular weight excluding hydrogens is 403 g/mol. The van der Waals surface area contributed by atoms with E-state index in [0.29, 0.717) is 26.4 Å². The minimum Gasteiger partial charge on any atom is -0.325 e. The van der Waals surface area contributed by atoms with E-state index >= 15 is 0 Å². The molecule has 0 aliphatic heterocycles. The molecule has 0 spiro atoms. The van der Waals surface area contributed by atoms with Gasteiger partial charge in [0.2, 0.25) is 11.8 Å². The fourth-order valence-electron chi connectivity index (χ4n) is 1.94. The molecule has 0 bridgehead atoms. The topological polar surface area (TPSA) is 58.2 Å². The van der Waals surface area contributed by atoms with Gasteiger partial charge in [-0.2, -0.15) is 0 Å². The number of hydrogen-bond acceptors (Lipinski definition) is 3. The first-order valence-corrected chi connectivity index (χ1v) is 9.53. The highest BCUT2D eigenvalue weighted by atomic mass is 35.5. The summed E-state index contributed by atoms with van der Waals surface area (Å²) in [5, 5.41) is 6.85. The van der Waals surface area contributed by atoms with E-state index < -0.39 is 0 Å². The van der Waals surface area contributed by atoms with Gasteiger partial charge in [-0.05, 0) is 42.8 Å². The van der Waals surface area contributed by atoms with E-state index in [1.807, 2.05) is 6.92 Å². The maximum Gasteiger partial charge on any atom is 0.234 e. The molecule has 2 amide bonds. The van der Waals surface area contributed by atoms with E-state index in [-0.39, 0.29) is 23.3 Å². The number of amides is 2. The van der Waals surface area contributed by atoms with Gasteiger partial charge in [0, 0.05) is 16.4 Å². The standard InChI is InChI=1S/C17H15Cl3N2O2S/c1-10-12(18)3-2-4-15(10)22-17(24)9-25-8-16(23)21-11-5-6-13(19)14(20)7-11/h2-7H,8-9H2,1H3,(H,21,23)(H,22,24). The second-order valence-corrected chi connectivity index (χ2v) is 7.34. The van der Waals surface area contributed by atoms with E-state index in [4.69, 9.17) is 34.8 Å². The lowest BCUT2D eigenvalue weighted by Gasteiger charge is -2.09. The molecule has 25 heavy (non-hydrogen) atoms. The summed E-state index contributed by atoms with van der Waals surface area (Å²) in [4.78, 5) is 23.8. The molecule has 0 heterocycles. The Balaban J connectivity index is 1.77. The third-order valence-electron chi connectivity index (χ3n) is 3.21. The largest absolute Gasteiger partial charge is 0.325 e. The SMILES string of the molecule is Cc1c(Cl)cccc1NC(=O)CSCC(=O)Nc1ccc(Cl)c(Cl)c1. The van der Waals surface area contributed by atoms with Gasteiger partial charge in [-0.15, -0.1) is 11.8 Å². The lowest BCUT2D eigenvalue weighted by molar-refractivity contribution is -0.114. The molecule has 2 aromatic carbocycles. The maximum atomic E-state index is 12.0. The fraction of sp³-hybridized carbons (Fsp3) is 0.176. The minimum absolute atomic E-state index is 0.141. The van der Waals surface area contributed by atoms with Gasteiger partial charge in [0.1, 0.15) is 0 Å². The number of halogens is 3. The quantitative estimate of drug-likeness (QED) is 0.673. The van der Waals surface area contributed by atoms with E-state index in [1.54, 1.807) is 36.4 Å². The monoisotopic (exact) mass is 416 g/mol. The van der Waals surface area contributed by atoms with E-state index in [1.165, 1.54) is 11.8 Å². The summed E-state index contributed by atoms with van der Waals surface area (Å²) in [6.07, 6.45) is 0. The van der Waals surface area contributed by atoms with Gasteiger partial charge in [0.25, 0.3) is 0 Å². The van der Waals surface area contributed by atoms with Crippen molar-refractivity contribution in [3.63, 3.8) is 0 Å². The molecule has 0 fully saturated rings. The lowest BCUT2D eigenvalue weighted by atomic mass is 10.2. The summed E-state index contributed by atoms with van der Waals surface area (Å²) in [6.45, 7) is 1.83. The third kappa shape index (κ3) is 6.12. The summed E-state index contributed by atoms with van der Waals surface area (Å²) < 4.78 is 0. The average Bonchev–Trinajstić information content (AvgIpc) is 2.55. The molecule has 132 valence electrons. The van der Waals surface area contributed by atoms with Gasteiger partial charge in [-0.25, -0.2) is 0 Å². The number of thioether (sulfide) groups is 1. The number of anilines is 2. The van der Waals surface area contributed by atoms with Crippen molar-refractivity contribution >= 4 is 69.8 Å². The summed E-state index contributed by atoms with van der Waals surface area (Å²) in [6, 6.07) is 10.1. The van der Waals surface area contributed by atoms with E-state index in [0.717, 1.165) is 5.56 Å². The molecule has 0 saturated heterocycles. The molecule has 4 nitrogen and oxygen atoms in total. The van der Waals surface area contributed by atoms with Gasteiger partial charge in [-0.3, -0.25) is 9.59 Å².